The molecule has 2 heterocycles. The molecule has 0 aliphatic carbocycles. The number of nitrogens with two attached hydrogens (primary N) is 1. The van der Waals surface area contributed by atoms with Gasteiger partial charge in [-0.1, -0.05) is 55.0 Å². The van der Waals surface area contributed by atoms with E-state index in [1.54, 1.807) is 0 Å². The summed E-state index contributed by atoms with van der Waals surface area (Å²) in [6, 6.07) is 17.6. The number of carbonyl (C=O) groups is 3. The van der Waals surface area contributed by atoms with Crippen LogP contribution in [0.2, 0.25) is 0 Å². The molecule has 0 saturated carbocycles. The monoisotopic (exact) mass is 549 g/mol. The number of likely N-dealkylation sites (tertiary alicyclic amines) is 2. The lowest BCUT2D eigenvalue weighted by molar-refractivity contribution is -0.123. The minimum atomic E-state index is -0.449. The summed E-state index contributed by atoms with van der Waals surface area (Å²) in [5.41, 5.74) is 8.10. The van der Waals surface area contributed by atoms with E-state index in [2.05, 4.69) is 20.4 Å². The lowest BCUT2D eigenvalue weighted by atomic mass is 9.96. The molecule has 2 fully saturated rings. The van der Waals surface area contributed by atoms with Gasteiger partial charge in [0, 0.05) is 31.1 Å². The molecule has 0 bridgehead atoms. The van der Waals surface area contributed by atoms with Crippen LogP contribution >= 0.6 is 0 Å². The van der Waals surface area contributed by atoms with E-state index < -0.39 is 6.09 Å². The molecule has 2 saturated heterocycles. The highest BCUT2D eigenvalue weighted by atomic mass is 16.6. The fraction of sp³-hybridized carbons (Fsp3) is 0.516. The third kappa shape index (κ3) is 9.34. The second-order valence-electron chi connectivity index (χ2n) is 10.8. The van der Waals surface area contributed by atoms with Gasteiger partial charge in [0.15, 0.2) is 0 Å². The molecular formula is C31H43N5O4. The normalized spacial score (nSPS) is 17.3. The molecule has 216 valence electrons. The lowest BCUT2D eigenvalue weighted by Crippen LogP contribution is -2.43. The van der Waals surface area contributed by atoms with Crippen molar-refractivity contribution < 1.29 is 19.1 Å². The highest BCUT2D eigenvalue weighted by Crippen LogP contribution is 2.28. The maximum atomic E-state index is 12.6. The highest BCUT2D eigenvalue weighted by molar-refractivity contribution is 5.91. The average molecular weight is 550 g/mol. The average Bonchev–Trinajstić information content (AvgIpc) is 2.97. The van der Waals surface area contributed by atoms with Gasteiger partial charge in [-0.05, 0) is 69.8 Å². The molecule has 0 atom stereocenters. The first kappa shape index (κ1) is 29.6. The minimum absolute atomic E-state index is 0.0395. The number of nitrogens with zero attached hydrogens (tertiary/aromatic N) is 2. The van der Waals surface area contributed by atoms with Gasteiger partial charge in [-0.2, -0.15) is 0 Å². The Morgan fingerprint density at radius 2 is 1.50 bits per heavy atom. The number of para-hydroxylation sites is 1. The van der Waals surface area contributed by atoms with E-state index in [0.29, 0.717) is 25.9 Å². The Morgan fingerprint density at radius 1 is 0.825 bits per heavy atom. The number of unbranched alkanes of at least 4 members (excludes halogenated alkanes) is 2. The SMILES string of the molecule is NC(=O)C1CCN(CCCCCNC(=O)CN2CCC(OC(=O)Nc3ccccc3-c3ccccc3)CC2)CC1. The van der Waals surface area contributed by atoms with Crippen molar-refractivity contribution in [2.75, 3.05) is 51.1 Å². The predicted octanol–water partition coefficient (Wildman–Crippen LogP) is 3.85. The number of hydrogen-bond acceptors (Lipinski definition) is 6. The standard InChI is InChI=1S/C31H43N5O4/c32-30(38)25-13-19-35(20-14-25)18-8-2-7-17-33-29(37)23-36-21-15-26(16-22-36)40-31(39)34-28-12-6-5-11-27(28)24-9-3-1-4-10-24/h1,3-6,9-12,25-26H,2,7-8,13-23H2,(H2,32,38)(H,33,37)(H,34,39). The van der Waals surface area contributed by atoms with Gasteiger partial charge in [0.1, 0.15) is 6.10 Å². The smallest absolute Gasteiger partial charge is 0.411 e. The zero-order valence-electron chi connectivity index (χ0n) is 23.4. The Balaban J connectivity index is 1.06. The molecule has 40 heavy (non-hydrogen) atoms. The summed E-state index contributed by atoms with van der Waals surface area (Å²) in [6.07, 6.45) is 5.65. The summed E-state index contributed by atoms with van der Waals surface area (Å²) in [4.78, 5) is 40.8. The van der Waals surface area contributed by atoms with E-state index in [0.717, 1.165) is 81.6 Å². The summed E-state index contributed by atoms with van der Waals surface area (Å²) in [6.45, 7) is 5.42. The van der Waals surface area contributed by atoms with E-state index in [4.69, 9.17) is 10.5 Å². The summed E-state index contributed by atoms with van der Waals surface area (Å²) >= 11 is 0. The molecule has 0 spiro atoms. The number of hydrogen-bond donors (Lipinski definition) is 3. The summed E-state index contributed by atoms with van der Waals surface area (Å²) in [5.74, 6) is -0.0853. The van der Waals surface area contributed by atoms with Crippen LogP contribution in [-0.2, 0) is 14.3 Å². The van der Waals surface area contributed by atoms with E-state index in [1.807, 2.05) is 54.6 Å². The van der Waals surface area contributed by atoms with Gasteiger partial charge < -0.3 is 20.7 Å². The molecule has 0 aromatic heterocycles. The van der Waals surface area contributed by atoms with Gasteiger partial charge >= 0.3 is 6.09 Å². The van der Waals surface area contributed by atoms with Crippen LogP contribution in [0, 0.1) is 5.92 Å². The highest BCUT2D eigenvalue weighted by Gasteiger charge is 2.24. The van der Waals surface area contributed by atoms with Gasteiger partial charge in [0.25, 0.3) is 0 Å². The van der Waals surface area contributed by atoms with Crippen molar-refractivity contribution in [2.24, 2.45) is 11.7 Å². The summed E-state index contributed by atoms with van der Waals surface area (Å²) in [7, 11) is 0. The largest absolute Gasteiger partial charge is 0.446 e. The summed E-state index contributed by atoms with van der Waals surface area (Å²) < 4.78 is 5.70. The number of nitrogens with one attached hydrogen (secondary N) is 2. The lowest BCUT2D eigenvalue weighted by Gasteiger charge is -2.31. The van der Waals surface area contributed by atoms with Crippen LogP contribution in [0.25, 0.3) is 11.1 Å². The number of carbonyl (C=O) groups excluding carboxylic acids is 3. The number of benzene rings is 2. The van der Waals surface area contributed by atoms with Gasteiger partial charge in [0.05, 0.1) is 12.2 Å². The third-order valence-corrected chi connectivity index (χ3v) is 7.89. The van der Waals surface area contributed by atoms with Gasteiger partial charge in [0.2, 0.25) is 11.8 Å². The van der Waals surface area contributed by atoms with Crippen LogP contribution in [0.15, 0.2) is 54.6 Å². The Morgan fingerprint density at radius 3 is 2.23 bits per heavy atom. The van der Waals surface area contributed by atoms with Crippen LogP contribution in [0.3, 0.4) is 0 Å². The maximum absolute atomic E-state index is 12.6. The molecule has 9 heteroatoms. The predicted molar refractivity (Wildman–Crippen MR) is 157 cm³/mol. The minimum Gasteiger partial charge on any atom is -0.446 e. The quantitative estimate of drug-likeness (QED) is 0.346. The van der Waals surface area contributed by atoms with Gasteiger partial charge in [-0.25, -0.2) is 4.79 Å². The maximum Gasteiger partial charge on any atom is 0.411 e. The van der Waals surface area contributed by atoms with E-state index >= 15 is 0 Å². The van der Waals surface area contributed by atoms with Crippen molar-refractivity contribution in [1.29, 1.82) is 0 Å². The third-order valence-electron chi connectivity index (χ3n) is 7.89. The molecule has 4 rings (SSSR count). The van der Waals surface area contributed by atoms with Crippen molar-refractivity contribution in [1.82, 2.24) is 15.1 Å². The number of rotatable bonds is 12. The molecule has 2 aliphatic heterocycles. The fourth-order valence-corrected chi connectivity index (χ4v) is 5.50. The Kier molecular flexibility index (Phi) is 11.4. The van der Waals surface area contributed by atoms with Crippen LogP contribution in [0.5, 0.6) is 0 Å². The van der Waals surface area contributed by atoms with E-state index in [-0.39, 0.29) is 23.8 Å². The van der Waals surface area contributed by atoms with Crippen molar-refractivity contribution in [2.45, 2.75) is 51.0 Å². The molecule has 0 radical (unpaired) electrons. The van der Waals surface area contributed by atoms with Crippen molar-refractivity contribution in [3.8, 4) is 11.1 Å². The van der Waals surface area contributed by atoms with Gasteiger partial charge in [-0.15, -0.1) is 0 Å². The zero-order valence-corrected chi connectivity index (χ0v) is 23.4. The van der Waals surface area contributed by atoms with E-state index in [9.17, 15) is 14.4 Å². The van der Waals surface area contributed by atoms with Crippen LogP contribution < -0.4 is 16.4 Å². The molecule has 9 nitrogen and oxygen atoms in total. The van der Waals surface area contributed by atoms with Crippen LogP contribution in [-0.4, -0.2) is 79.6 Å². The van der Waals surface area contributed by atoms with Crippen LogP contribution in [0.1, 0.15) is 44.9 Å². The number of piperidine rings is 2. The molecule has 4 N–H and O–H groups in total. The summed E-state index contributed by atoms with van der Waals surface area (Å²) in [5, 5.41) is 5.94. The second-order valence-corrected chi connectivity index (χ2v) is 10.8. The number of anilines is 1. The number of amides is 3. The molecule has 2 aromatic carbocycles. The topological polar surface area (TPSA) is 117 Å². The Bertz CT molecular complexity index is 1100. The Hall–Kier alpha value is -3.43. The number of primary amides is 1. The zero-order chi connectivity index (χ0) is 28.2. The first-order valence-electron chi connectivity index (χ1n) is 14.6. The van der Waals surface area contributed by atoms with E-state index in [1.165, 1.54) is 0 Å². The molecule has 2 aromatic rings. The molecule has 0 unspecified atom stereocenters. The van der Waals surface area contributed by atoms with Crippen molar-refractivity contribution >= 4 is 23.6 Å². The molecule has 3 amide bonds. The van der Waals surface area contributed by atoms with Gasteiger partial charge in [-0.3, -0.25) is 19.8 Å². The Labute approximate surface area is 237 Å². The molecule has 2 aliphatic rings. The molecular weight excluding hydrogens is 506 g/mol. The first-order chi connectivity index (χ1) is 19.5. The van der Waals surface area contributed by atoms with Crippen molar-refractivity contribution in [3.05, 3.63) is 54.6 Å². The number of ether oxygens (including phenoxy) is 1. The fourth-order valence-electron chi connectivity index (χ4n) is 5.50. The second kappa shape index (κ2) is 15.4. The van der Waals surface area contributed by atoms with Crippen LogP contribution in [0.4, 0.5) is 10.5 Å². The first-order valence-corrected chi connectivity index (χ1v) is 14.6. The van der Waals surface area contributed by atoms with Crippen molar-refractivity contribution in [3.63, 3.8) is 0 Å².